The van der Waals surface area contributed by atoms with E-state index in [1.807, 2.05) is 59.0 Å². The number of nitrogens with zero attached hydrogens (tertiary/aromatic N) is 5. The molecule has 0 N–H and O–H groups in total. The Morgan fingerprint density at radius 1 is 0.778 bits per heavy atom. The predicted molar refractivity (Wildman–Crippen MR) is 102 cm³/mol. The third-order valence-electron chi connectivity index (χ3n) is 4.52. The summed E-state index contributed by atoms with van der Waals surface area (Å²) in [6.45, 7) is 0. The number of aromatic nitrogens is 5. The fourth-order valence-corrected chi connectivity index (χ4v) is 3.28. The van der Waals surface area contributed by atoms with Crippen LogP contribution < -0.4 is 9.47 Å². The van der Waals surface area contributed by atoms with Crippen LogP contribution in [0.4, 0.5) is 0 Å². The molecule has 0 aliphatic rings. The van der Waals surface area contributed by atoms with E-state index in [4.69, 9.17) is 9.47 Å². The summed E-state index contributed by atoms with van der Waals surface area (Å²) in [5.74, 6) is 1.53. The van der Waals surface area contributed by atoms with E-state index in [0.717, 1.165) is 27.5 Å². The molecule has 27 heavy (non-hydrogen) atoms. The Morgan fingerprint density at radius 3 is 2.30 bits per heavy atom. The summed E-state index contributed by atoms with van der Waals surface area (Å²) in [4.78, 5) is 9.16. The highest BCUT2D eigenvalue weighted by Gasteiger charge is 2.20. The van der Waals surface area contributed by atoms with Crippen molar-refractivity contribution >= 4 is 27.6 Å². The van der Waals surface area contributed by atoms with Crippen LogP contribution in [0.2, 0.25) is 0 Å². The van der Waals surface area contributed by atoms with Crippen LogP contribution in [-0.2, 0) is 0 Å². The van der Waals surface area contributed by atoms with E-state index < -0.39 is 0 Å². The van der Waals surface area contributed by atoms with Gasteiger partial charge in [0.15, 0.2) is 5.82 Å². The molecular formula is C20H15N5O2. The Kier molecular flexibility index (Phi) is 3.39. The molecule has 0 atom stereocenters. The van der Waals surface area contributed by atoms with E-state index in [1.54, 1.807) is 14.2 Å². The van der Waals surface area contributed by atoms with Crippen molar-refractivity contribution in [2.24, 2.45) is 0 Å². The first-order valence-electron chi connectivity index (χ1n) is 8.42. The molecule has 0 radical (unpaired) electrons. The van der Waals surface area contributed by atoms with Crippen LogP contribution in [0.15, 0.2) is 54.6 Å². The third-order valence-corrected chi connectivity index (χ3v) is 4.52. The van der Waals surface area contributed by atoms with Gasteiger partial charge in [-0.1, -0.05) is 30.3 Å². The van der Waals surface area contributed by atoms with Gasteiger partial charge in [-0.15, -0.1) is 10.2 Å². The van der Waals surface area contributed by atoms with Gasteiger partial charge in [-0.25, -0.2) is 9.97 Å². The molecular weight excluding hydrogens is 342 g/mol. The van der Waals surface area contributed by atoms with E-state index in [9.17, 15) is 0 Å². The van der Waals surface area contributed by atoms with Crippen molar-refractivity contribution in [1.82, 2.24) is 24.6 Å². The maximum Gasteiger partial charge on any atom is 0.260 e. The van der Waals surface area contributed by atoms with Crippen LogP contribution in [0.25, 0.3) is 39.0 Å². The molecule has 5 aromatic rings. The number of hydrogen-bond acceptors (Lipinski definition) is 6. The number of hydrogen-bond donors (Lipinski definition) is 0. The zero-order valence-corrected chi connectivity index (χ0v) is 14.7. The van der Waals surface area contributed by atoms with E-state index >= 15 is 0 Å². The fourth-order valence-electron chi connectivity index (χ4n) is 3.28. The summed E-state index contributed by atoms with van der Waals surface area (Å²) in [7, 11) is 3.17. The third kappa shape index (κ3) is 2.28. The molecule has 7 nitrogen and oxygen atoms in total. The molecule has 3 heterocycles. The number of para-hydroxylation sites is 3. The van der Waals surface area contributed by atoms with E-state index in [1.165, 1.54) is 0 Å². The SMILES string of the molecule is COc1nc2ccccc2cc1-c1nnc2c(OC)nc3ccccc3n12. The normalized spacial score (nSPS) is 11.3. The first-order valence-corrected chi connectivity index (χ1v) is 8.42. The standard InChI is InChI=1S/C20H15N5O2/c1-26-19-13(11-12-7-3-4-8-14(12)21-19)17-23-24-18-20(27-2)22-15-9-5-6-10-16(15)25(17)18/h3-11H,1-2H3. The van der Waals surface area contributed by atoms with Gasteiger partial charge in [0.05, 0.1) is 36.3 Å². The van der Waals surface area contributed by atoms with Gasteiger partial charge in [0.2, 0.25) is 11.5 Å². The number of methoxy groups -OCH3 is 2. The monoisotopic (exact) mass is 357 g/mol. The highest BCUT2D eigenvalue weighted by molar-refractivity contribution is 5.87. The van der Waals surface area contributed by atoms with Crippen molar-refractivity contribution in [1.29, 1.82) is 0 Å². The van der Waals surface area contributed by atoms with E-state index in [0.29, 0.717) is 23.2 Å². The number of pyridine rings is 1. The first-order chi connectivity index (χ1) is 13.3. The topological polar surface area (TPSA) is 74.4 Å². The summed E-state index contributed by atoms with van der Waals surface area (Å²) in [5, 5.41) is 9.72. The van der Waals surface area contributed by atoms with Gasteiger partial charge in [-0.05, 0) is 24.3 Å². The summed E-state index contributed by atoms with van der Waals surface area (Å²) in [6, 6.07) is 17.7. The summed E-state index contributed by atoms with van der Waals surface area (Å²) >= 11 is 0. The zero-order valence-electron chi connectivity index (χ0n) is 14.7. The molecule has 0 amide bonds. The highest BCUT2D eigenvalue weighted by atomic mass is 16.5. The lowest BCUT2D eigenvalue weighted by molar-refractivity contribution is 0.400. The summed E-state index contributed by atoms with van der Waals surface area (Å²) in [6.07, 6.45) is 0. The van der Waals surface area contributed by atoms with Gasteiger partial charge in [0.1, 0.15) is 0 Å². The Bertz CT molecular complexity index is 1310. The minimum absolute atomic E-state index is 0.417. The van der Waals surface area contributed by atoms with Crippen LogP contribution in [0.5, 0.6) is 11.8 Å². The molecule has 3 aromatic heterocycles. The number of ether oxygens (including phenoxy) is 2. The Labute approximate surface area is 154 Å². The van der Waals surface area contributed by atoms with Gasteiger partial charge in [-0.3, -0.25) is 4.40 Å². The molecule has 0 aliphatic heterocycles. The molecule has 5 rings (SSSR count). The second kappa shape index (κ2) is 5.91. The Balaban J connectivity index is 1.91. The lowest BCUT2D eigenvalue weighted by atomic mass is 10.1. The lowest BCUT2D eigenvalue weighted by Crippen LogP contribution is -2.00. The first kappa shape index (κ1) is 15.5. The average molecular weight is 357 g/mol. The maximum absolute atomic E-state index is 5.56. The van der Waals surface area contributed by atoms with Crippen LogP contribution in [-0.4, -0.2) is 38.8 Å². The molecule has 0 bridgehead atoms. The zero-order chi connectivity index (χ0) is 18.4. The van der Waals surface area contributed by atoms with Crippen molar-refractivity contribution in [3.8, 4) is 23.1 Å². The summed E-state index contributed by atoms with van der Waals surface area (Å²) in [5.41, 5.74) is 3.82. The Morgan fingerprint density at radius 2 is 1.48 bits per heavy atom. The van der Waals surface area contributed by atoms with Gasteiger partial charge < -0.3 is 9.47 Å². The van der Waals surface area contributed by atoms with Crippen LogP contribution in [0, 0.1) is 0 Å². The molecule has 132 valence electrons. The van der Waals surface area contributed by atoms with Crippen molar-refractivity contribution in [3.63, 3.8) is 0 Å². The van der Waals surface area contributed by atoms with Gasteiger partial charge in [0.25, 0.3) is 5.88 Å². The number of benzene rings is 2. The molecule has 0 spiro atoms. The number of rotatable bonds is 3. The lowest BCUT2D eigenvalue weighted by Gasteiger charge is -2.10. The quantitative estimate of drug-likeness (QED) is 0.492. The molecule has 0 unspecified atom stereocenters. The van der Waals surface area contributed by atoms with Crippen LogP contribution in [0.1, 0.15) is 0 Å². The predicted octanol–water partition coefficient (Wildman–Crippen LogP) is 3.51. The van der Waals surface area contributed by atoms with Gasteiger partial charge in [-0.2, -0.15) is 0 Å². The van der Waals surface area contributed by atoms with E-state index in [2.05, 4.69) is 20.2 Å². The second-order valence-corrected chi connectivity index (χ2v) is 6.03. The molecule has 0 saturated carbocycles. The minimum Gasteiger partial charge on any atom is -0.480 e. The molecule has 0 saturated heterocycles. The molecule has 2 aromatic carbocycles. The van der Waals surface area contributed by atoms with Crippen molar-refractivity contribution in [3.05, 3.63) is 54.6 Å². The molecule has 0 aliphatic carbocycles. The minimum atomic E-state index is 0.417. The second-order valence-electron chi connectivity index (χ2n) is 6.03. The Hall–Kier alpha value is -3.74. The van der Waals surface area contributed by atoms with Gasteiger partial charge in [0, 0.05) is 5.39 Å². The van der Waals surface area contributed by atoms with E-state index in [-0.39, 0.29) is 0 Å². The highest BCUT2D eigenvalue weighted by Crippen LogP contribution is 2.33. The average Bonchev–Trinajstić information content (AvgIpc) is 3.17. The summed E-state index contributed by atoms with van der Waals surface area (Å²) < 4.78 is 12.9. The maximum atomic E-state index is 5.56. The molecule has 0 fully saturated rings. The number of fused-ring (bicyclic) bond motifs is 4. The van der Waals surface area contributed by atoms with Crippen LogP contribution in [0.3, 0.4) is 0 Å². The van der Waals surface area contributed by atoms with Crippen molar-refractivity contribution in [2.75, 3.05) is 14.2 Å². The smallest absolute Gasteiger partial charge is 0.260 e. The van der Waals surface area contributed by atoms with Crippen molar-refractivity contribution < 1.29 is 9.47 Å². The van der Waals surface area contributed by atoms with Gasteiger partial charge >= 0.3 is 0 Å². The van der Waals surface area contributed by atoms with Crippen LogP contribution >= 0.6 is 0 Å². The fraction of sp³-hybridized carbons (Fsp3) is 0.100. The van der Waals surface area contributed by atoms with Crippen molar-refractivity contribution in [2.45, 2.75) is 0 Å². The molecule has 7 heteroatoms. The largest absolute Gasteiger partial charge is 0.480 e.